The number of aryl methyl sites for hydroxylation is 3. The van der Waals surface area contributed by atoms with Gasteiger partial charge in [0.1, 0.15) is 0 Å². The van der Waals surface area contributed by atoms with Crippen LogP contribution in [0, 0.1) is 20.8 Å². The Morgan fingerprint density at radius 1 is 1.21 bits per heavy atom. The Balaban J connectivity index is 1.76. The molecule has 24 heavy (non-hydrogen) atoms. The van der Waals surface area contributed by atoms with Crippen molar-refractivity contribution in [3.63, 3.8) is 0 Å². The summed E-state index contributed by atoms with van der Waals surface area (Å²) in [6.07, 6.45) is 2.23. The number of benzene rings is 1. The van der Waals surface area contributed by atoms with Crippen molar-refractivity contribution in [1.82, 2.24) is 10.1 Å². The van der Waals surface area contributed by atoms with E-state index in [4.69, 9.17) is 4.52 Å². The molecule has 5 nitrogen and oxygen atoms in total. The highest BCUT2D eigenvalue weighted by molar-refractivity contribution is 6.12. The molecule has 1 N–H and O–H groups in total. The number of aromatic nitrogens is 2. The van der Waals surface area contributed by atoms with Crippen LogP contribution >= 0.6 is 0 Å². The lowest BCUT2D eigenvalue weighted by Gasteiger charge is -2.10. The standard InChI is InChI=1S/C19H19N3O2/c1-10-4-7-15(11(2)8-10)20-18(23)14-9-16(13-5-6-13)21-19-17(14)12(3)22-24-19/h4,7-9,13H,5-6H2,1-3H3,(H,20,23). The minimum atomic E-state index is -0.150. The van der Waals surface area contributed by atoms with E-state index in [2.05, 4.69) is 21.5 Å². The summed E-state index contributed by atoms with van der Waals surface area (Å²) in [5.41, 5.74) is 5.66. The largest absolute Gasteiger partial charge is 0.336 e. The van der Waals surface area contributed by atoms with Gasteiger partial charge in [0, 0.05) is 17.3 Å². The van der Waals surface area contributed by atoms with E-state index in [1.165, 1.54) is 5.56 Å². The smallest absolute Gasteiger partial charge is 0.259 e. The summed E-state index contributed by atoms with van der Waals surface area (Å²) in [5.74, 6) is 0.287. The Morgan fingerprint density at radius 3 is 2.71 bits per heavy atom. The second-order valence-electron chi connectivity index (χ2n) is 6.59. The molecule has 1 aliphatic rings. The fraction of sp³-hybridized carbons (Fsp3) is 0.316. The predicted molar refractivity (Wildman–Crippen MR) is 92.4 cm³/mol. The van der Waals surface area contributed by atoms with E-state index in [0.717, 1.165) is 29.8 Å². The van der Waals surface area contributed by atoms with Crippen molar-refractivity contribution in [2.75, 3.05) is 5.32 Å². The number of nitrogens with zero attached hydrogens (tertiary/aromatic N) is 2. The first-order chi connectivity index (χ1) is 11.5. The normalized spacial score (nSPS) is 14.1. The van der Waals surface area contributed by atoms with Gasteiger partial charge in [0.2, 0.25) is 0 Å². The van der Waals surface area contributed by atoms with Crippen molar-refractivity contribution in [2.45, 2.75) is 39.5 Å². The second-order valence-corrected chi connectivity index (χ2v) is 6.59. The average Bonchev–Trinajstić information content (AvgIpc) is 3.33. The van der Waals surface area contributed by atoms with Crippen molar-refractivity contribution in [3.05, 3.63) is 52.3 Å². The van der Waals surface area contributed by atoms with Gasteiger partial charge >= 0.3 is 0 Å². The first kappa shape index (κ1) is 14.9. The van der Waals surface area contributed by atoms with Crippen molar-refractivity contribution < 1.29 is 9.32 Å². The van der Waals surface area contributed by atoms with Crippen LogP contribution in [0.1, 0.15) is 51.6 Å². The van der Waals surface area contributed by atoms with Gasteiger partial charge in [-0.3, -0.25) is 4.79 Å². The van der Waals surface area contributed by atoms with Crippen LogP contribution in [0.2, 0.25) is 0 Å². The molecule has 1 aliphatic carbocycles. The molecular weight excluding hydrogens is 302 g/mol. The molecule has 0 radical (unpaired) electrons. The second kappa shape index (κ2) is 5.44. The molecule has 3 aromatic rings. The van der Waals surface area contributed by atoms with E-state index in [9.17, 15) is 4.79 Å². The monoisotopic (exact) mass is 321 g/mol. The Hall–Kier alpha value is -2.69. The van der Waals surface area contributed by atoms with Crippen LogP contribution in [0.3, 0.4) is 0 Å². The summed E-state index contributed by atoms with van der Waals surface area (Å²) >= 11 is 0. The molecule has 4 rings (SSSR count). The zero-order chi connectivity index (χ0) is 16.8. The molecule has 1 fully saturated rings. The predicted octanol–water partition coefficient (Wildman–Crippen LogP) is 4.28. The SMILES string of the molecule is Cc1ccc(NC(=O)c2cc(C3CC3)nc3onc(C)c23)c(C)c1. The van der Waals surface area contributed by atoms with Crippen molar-refractivity contribution >= 4 is 22.7 Å². The van der Waals surface area contributed by atoms with Crippen LogP contribution in [0.25, 0.3) is 11.1 Å². The number of pyridine rings is 1. The zero-order valence-electron chi connectivity index (χ0n) is 14.0. The number of fused-ring (bicyclic) bond motifs is 1. The van der Waals surface area contributed by atoms with Gasteiger partial charge in [-0.05, 0) is 51.3 Å². The molecule has 2 heterocycles. The van der Waals surface area contributed by atoms with Crippen LogP contribution in [-0.4, -0.2) is 16.0 Å². The number of hydrogen-bond donors (Lipinski definition) is 1. The summed E-state index contributed by atoms with van der Waals surface area (Å²) in [7, 11) is 0. The highest BCUT2D eigenvalue weighted by atomic mass is 16.5. The van der Waals surface area contributed by atoms with Gasteiger partial charge in [0.05, 0.1) is 16.6 Å². The van der Waals surface area contributed by atoms with E-state index >= 15 is 0 Å². The summed E-state index contributed by atoms with van der Waals surface area (Å²) in [6, 6.07) is 7.87. The van der Waals surface area contributed by atoms with Crippen LogP contribution in [-0.2, 0) is 0 Å². The highest BCUT2D eigenvalue weighted by Gasteiger charge is 2.28. The molecule has 0 unspecified atom stereocenters. The maximum atomic E-state index is 12.9. The number of carbonyl (C=O) groups excluding carboxylic acids is 1. The third kappa shape index (κ3) is 2.56. The average molecular weight is 321 g/mol. The Bertz CT molecular complexity index is 955. The van der Waals surface area contributed by atoms with E-state index in [0.29, 0.717) is 28.3 Å². The summed E-state index contributed by atoms with van der Waals surface area (Å²) in [4.78, 5) is 17.4. The maximum Gasteiger partial charge on any atom is 0.259 e. The molecule has 1 amide bonds. The summed E-state index contributed by atoms with van der Waals surface area (Å²) in [6.45, 7) is 5.86. The minimum absolute atomic E-state index is 0.150. The molecule has 0 saturated heterocycles. The number of carbonyl (C=O) groups is 1. The highest BCUT2D eigenvalue weighted by Crippen LogP contribution is 2.40. The molecule has 0 bridgehead atoms. The Labute approximate surface area is 140 Å². The number of amides is 1. The van der Waals surface area contributed by atoms with E-state index in [-0.39, 0.29) is 5.91 Å². The van der Waals surface area contributed by atoms with Crippen LogP contribution in [0.4, 0.5) is 5.69 Å². The van der Waals surface area contributed by atoms with Gasteiger partial charge < -0.3 is 9.84 Å². The lowest BCUT2D eigenvalue weighted by molar-refractivity contribution is 0.102. The quantitative estimate of drug-likeness (QED) is 0.782. The third-order valence-corrected chi connectivity index (χ3v) is 4.51. The van der Waals surface area contributed by atoms with Gasteiger partial charge in [-0.25, -0.2) is 4.98 Å². The first-order valence-corrected chi connectivity index (χ1v) is 8.18. The van der Waals surface area contributed by atoms with Gasteiger partial charge in [-0.2, -0.15) is 0 Å². The van der Waals surface area contributed by atoms with Crippen LogP contribution < -0.4 is 5.32 Å². The molecule has 2 aromatic heterocycles. The van der Waals surface area contributed by atoms with Crippen LogP contribution in [0.5, 0.6) is 0 Å². The fourth-order valence-electron chi connectivity index (χ4n) is 3.02. The zero-order valence-corrected chi connectivity index (χ0v) is 14.0. The molecule has 122 valence electrons. The third-order valence-electron chi connectivity index (χ3n) is 4.51. The molecular formula is C19H19N3O2. The fourth-order valence-corrected chi connectivity index (χ4v) is 3.02. The topological polar surface area (TPSA) is 68.0 Å². The van der Waals surface area contributed by atoms with Crippen molar-refractivity contribution in [2.24, 2.45) is 0 Å². The molecule has 1 saturated carbocycles. The lowest BCUT2D eigenvalue weighted by atomic mass is 10.1. The van der Waals surface area contributed by atoms with Crippen molar-refractivity contribution in [1.29, 1.82) is 0 Å². The number of hydrogen-bond acceptors (Lipinski definition) is 4. The molecule has 0 spiro atoms. The van der Waals surface area contributed by atoms with E-state index < -0.39 is 0 Å². The van der Waals surface area contributed by atoms with Gasteiger partial charge in [0.15, 0.2) is 0 Å². The number of nitrogens with one attached hydrogen (secondary N) is 1. The summed E-state index contributed by atoms with van der Waals surface area (Å²) < 4.78 is 5.31. The lowest BCUT2D eigenvalue weighted by Crippen LogP contribution is -2.14. The van der Waals surface area contributed by atoms with Gasteiger partial charge in [0.25, 0.3) is 11.6 Å². The minimum Gasteiger partial charge on any atom is -0.336 e. The van der Waals surface area contributed by atoms with Crippen molar-refractivity contribution in [3.8, 4) is 0 Å². The van der Waals surface area contributed by atoms with Gasteiger partial charge in [-0.1, -0.05) is 22.9 Å². The summed E-state index contributed by atoms with van der Waals surface area (Å²) in [5, 5.41) is 7.69. The van der Waals surface area contributed by atoms with E-state index in [1.807, 2.05) is 39.0 Å². The molecule has 1 aromatic carbocycles. The molecule has 5 heteroatoms. The molecule has 0 atom stereocenters. The van der Waals surface area contributed by atoms with Gasteiger partial charge in [-0.15, -0.1) is 0 Å². The number of anilines is 1. The first-order valence-electron chi connectivity index (χ1n) is 8.18. The Morgan fingerprint density at radius 2 is 2.00 bits per heavy atom. The van der Waals surface area contributed by atoms with E-state index in [1.54, 1.807) is 0 Å². The maximum absolute atomic E-state index is 12.9. The Kier molecular flexibility index (Phi) is 3.37. The molecule has 0 aliphatic heterocycles. The number of rotatable bonds is 3. The van der Waals surface area contributed by atoms with Crippen LogP contribution in [0.15, 0.2) is 28.8 Å².